The quantitative estimate of drug-likeness (QED) is 0.826. The number of nitrogens with one attached hydrogen (secondary N) is 2. The molecule has 0 saturated heterocycles. The normalized spacial score (nSPS) is 14.3. The van der Waals surface area contributed by atoms with Crippen LogP contribution in [-0.4, -0.2) is 11.8 Å². The second kappa shape index (κ2) is 7.97. The fraction of sp³-hybridized carbons (Fsp3) is 0.333. The lowest BCUT2D eigenvalue weighted by Crippen LogP contribution is -2.16. The molecule has 2 aromatic carbocycles. The van der Waals surface area contributed by atoms with Gasteiger partial charge in [0, 0.05) is 23.4 Å². The molecule has 1 saturated carbocycles. The van der Waals surface area contributed by atoms with Gasteiger partial charge >= 0.3 is 0 Å². The highest BCUT2D eigenvalue weighted by molar-refractivity contribution is 6.04. The molecular weight excluding hydrogens is 312 g/mol. The zero-order chi connectivity index (χ0) is 17.6. The summed E-state index contributed by atoms with van der Waals surface area (Å²) in [7, 11) is 0. The summed E-state index contributed by atoms with van der Waals surface area (Å²) in [5.74, 6) is 0.472. The molecule has 0 unspecified atom stereocenters. The van der Waals surface area contributed by atoms with Gasteiger partial charge < -0.3 is 10.6 Å². The summed E-state index contributed by atoms with van der Waals surface area (Å²) in [5, 5.41) is 5.88. The van der Waals surface area contributed by atoms with Crippen LogP contribution in [0.5, 0.6) is 0 Å². The van der Waals surface area contributed by atoms with Gasteiger partial charge in [0.25, 0.3) is 5.91 Å². The Kier molecular flexibility index (Phi) is 5.49. The topological polar surface area (TPSA) is 58.2 Å². The van der Waals surface area contributed by atoms with E-state index in [2.05, 4.69) is 10.6 Å². The molecule has 4 heteroatoms. The van der Waals surface area contributed by atoms with Crippen LogP contribution in [0.25, 0.3) is 0 Å². The molecule has 0 atom stereocenters. The highest BCUT2D eigenvalue weighted by Gasteiger charge is 2.18. The molecule has 2 N–H and O–H groups in total. The van der Waals surface area contributed by atoms with Gasteiger partial charge in [0.1, 0.15) is 0 Å². The van der Waals surface area contributed by atoms with Crippen LogP contribution < -0.4 is 10.6 Å². The minimum atomic E-state index is -0.137. The number of benzene rings is 2. The number of rotatable bonds is 5. The first kappa shape index (κ1) is 17.2. The molecule has 1 fully saturated rings. The Bertz CT molecular complexity index is 750. The van der Waals surface area contributed by atoms with Crippen molar-refractivity contribution in [1.82, 2.24) is 0 Å². The van der Waals surface area contributed by atoms with Gasteiger partial charge in [-0.2, -0.15) is 0 Å². The number of carbonyl (C=O) groups is 2. The molecule has 4 nitrogen and oxygen atoms in total. The predicted octanol–water partition coefficient (Wildman–Crippen LogP) is 4.77. The Balaban J connectivity index is 1.60. The summed E-state index contributed by atoms with van der Waals surface area (Å²) in [4.78, 5) is 24.4. The molecule has 0 aromatic heterocycles. The second-order valence-corrected chi connectivity index (χ2v) is 6.75. The van der Waals surface area contributed by atoms with Gasteiger partial charge in [0.15, 0.2) is 0 Å². The lowest BCUT2D eigenvalue weighted by molar-refractivity contribution is -0.117. The fourth-order valence-electron chi connectivity index (χ4n) is 3.35. The molecule has 130 valence electrons. The van der Waals surface area contributed by atoms with Gasteiger partial charge in [0.05, 0.1) is 0 Å². The van der Waals surface area contributed by atoms with Gasteiger partial charge in [-0.25, -0.2) is 0 Å². The van der Waals surface area contributed by atoms with E-state index in [0.29, 0.717) is 17.9 Å². The number of hydrogen-bond donors (Lipinski definition) is 2. The maximum Gasteiger partial charge on any atom is 0.255 e. The van der Waals surface area contributed by atoms with Gasteiger partial charge in [0.2, 0.25) is 5.91 Å². The summed E-state index contributed by atoms with van der Waals surface area (Å²) in [6.45, 7) is 1.92. The molecular formula is C21H24N2O2. The Morgan fingerprint density at radius 1 is 1.00 bits per heavy atom. The SMILES string of the molecule is Cc1cc(NC(=O)CC2CCCC2)ccc1NC(=O)c1ccccc1. The van der Waals surface area contributed by atoms with Crippen molar-refractivity contribution in [2.75, 3.05) is 10.6 Å². The summed E-state index contributed by atoms with van der Waals surface area (Å²) in [6, 6.07) is 14.7. The van der Waals surface area contributed by atoms with Crippen LogP contribution in [0.1, 0.15) is 48.0 Å². The third kappa shape index (κ3) is 4.69. The highest BCUT2D eigenvalue weighted by atomic mass is 16.2. The third-order valence-corrected chi connectivity index (χ3v) is 4.74. The molecule has 0 heterocycles. The summed E-state index contributed by atoms with van der Waals surface area (Å²) in [5.41, 5.74) is 3.07. The Morgan fingerprint density at radius 2 is 1.72 bits per heavy atom. The molecule has 25 heavy (non-hydrogen) atoms. The predicted molar refractivity (Wildman–Crippen MR) is 101 cm³/mol. The van der Waals surface area contributed by atoms with E-state index in [0.717, 1.165) is 29.8 Å². The summed E-state index contributed by atoms with van der Waals surface area (Å²) in [6.07, 6.45) is 5.42. The van der Waals surface area contributed by atoms with Crippen molar-refractivity contribution in [2.45, 2.75) is 39.0 Å². The fourth-order valence-corrected chi connectivity index (χ4v) is 3.35. The van der Waals surface area contributed by atoms with Crippen LogP contribution in [0.4, 0.5) is 11.4 Å². The second-order valence-electron chi connectivity index (χ2n) is 6.75. The summed E-state index contributed by atoms with van der Waals surface area (Å²) < 4.78 is 0. The molecule has 2 amide bonds. The largest absolute Gasteiger partial charge is 0.326 e. The van der Waals surface area contributed by atoms with E-state index in [-0.39, 0.29) is 11.8 Å². The van der Waals surface area contributed by atoms with Gasteiger partial charge in [-0.1, -0.05) is 31.0 Å². The highest BCUT2D eigenvalue weighted by Crippen LogP contribution is 2.28. The lowest BCUT2D eigenvalue weighted by Gasteiger charge is -2.13. The van der Waals surface area contributed by atoms with Crippen LogP contribution in [0.3, 0.4) is 0 Å². The van der Waals surface area contributed by atoms with Crippen molar-refractivity contribution in [2.24, 2.45) is 5.92 Å². The van der Waals surface area contributed by atoms with Crippen molar-refractivity contribution in [3.05, 3.63) is 59.7 Å². The summed E-state index contributed by atoms with van der Waals surface area (Å²) >= 11 is 0. The zero-order valence-electron chi connectivity index (χ0n) is 14.5. The number of aryl methyl sites for hydroxylation is 1. The maximum absolute atomic E-state index is 12.2. The first-order valence-electron chi connectivity index (χ1n) is 8.89. The van der Waals surface area contributed by atoms with Crippen molar-refractivity contribution in [3.63, 3.8) is 0 Å². The van der Waals surface area contributed by atoms with Gasteiger partial charge in [-0.3, -0.25) is 9.59 Å². The average molecular weight is 336 g/mol. The molecule has 1 aliphatic rings. The molecule has 2 aromatic rings. The van der Waals surface area contributed by atoms with Crippen molar-refractivity contribution in [3.8, 4) is 0 Å². The van der Waals surface area contributed by atoms with Gasteiger partial charge in [-0.15, -0.1) is 0 Å². The van der Waals surface area contributed by atoms with Crippen LogP contribution in [0, 0.1) is 12.8 Å². The Labute approximate surface area is 148 Å². The van der Waals surface area contributed by atoms with Crippen LogP contribution in [-0.2, 0) is 4.79 Å². The van der Waals surface area contributed by atoms with E-state index < -0.39 is 0 Å². The lowest BCUT2D eigenvalue weighted by atomic mass is 10.0. The minimum absolute atomic E-state index is 0.0763. The monoisotopic (exact) mass is 336 g/mol. The van der Waals surface area contributed by atoms with E-state index in [1.165, 1.54) is 12.8 Å². The standard InChI is InChI=1S/C21H24N2O2/c1-15-13-18(22-20(24)14-16-7-5-6-8-16)11-12-19(15)23-21(25)17-9-3-2-4-10-17/h2-4,9-13,16H,5-8,14H2,1H3,(H,22,24)(H,23,25). The molecule has 3 rings (SSSR count). The van der Waals surface area contributed by atoms with Crippen LogP contribution in [0.15, 0.2) is 48.5 Å². The zero-order valence-corrected chi connectivity index (χ0v) is 14.5. The molecule has 1 aliphatic carbocycles. The van der Waals surface area contributed by atoms with E-state index in [1.807, 2.05) is 43.3 Å². The smallest absolute Gasteiger partial charge is 0.255 e. The Morgan fingerprint density at radius 3 is 2.40 bits per heavy atom. The van der Waals surface area contributed by atoms with Crippen molar-refractivity contribution in [1.29, 1.82) is 0 Å². The first-order valence-corrected chi connectivity index (χ1v) is 8.89. The average Bonchev–Trinajstić information content (AvgIpc) is 3.11. The van der Waals surface area contributed by atoms with Crippen LogP contribution in [0.2, 0.25) is 0 Å². The molecule has 0 radical (unpaired) electrons. The number of hydrogen-bond acceptors (Lipinski definition) is 2. The molecule has 0 aliphatic heterocycles. The van der Waals surface area contributed by atoms with Gasteiger partial charge in [-0.05, 0) is 61.6 Å². The third-order valence-electron chi connectivity index (χ3n) is 4.74. The van der Waals surface area contributed by atoms with E-state index in [4.69, 9.17) is 0 Å². The molecule has 0 bridgehead atoms. The van der Waals surface area contributed by atoms with Crippen LogP contribution >= 0.6 is 0 Å². The minimum Gasteiger partial charge on any atom is -0.326 e. The van der Waals surface area contributed by atoms with E-state index in [1.54, 1.807) is 12.1 Å². The number of amides is 2. The number of carbonyl (C=O) groups excluding carboxylic acids is 2. The van der Waals surface area contributed by atoms with Crippen molar-refractivity contribution < 1.29 is 9.59 Å². The number of anilines is 2. The maximum atomic E-state index is 12.2. The molecule has 0 spiro atoms. The van der Waals surface area contributed by atoms with E-state index >= 15 is 0 Å². The first-order chi connectivity index (χ1) is 12.1. The van der Waals surface area contributed by atoms with Crippen molar-refractivity contribution >= 4 is 23.2 Å². The van der Waals surface area contributed by atoms with E-state index in [9.17, 15) is 9.59 Å². The Hall–Kier alpha value is -2.62.